The van der Waals surface area contributed by atoms with Crippen molar-refractivity contribution in [1.82, 2.24) is 5.32 Å². The van der Waals surface area contributed by atoms with Crippen LogP contribution in [0.5, 0.6) is 0 Å². The highest BCUT2D eigenvalue weighted by atomic mass is 32.1. The molecule has 4 nitrogen and oxygen atoms in total. The fourth-order valence-electron chi connectivity index (χ4n) is 3.19. The Kier molecular flexibility index (Phi) is 6.12. The van der Waals surface area contributed by atoms with Crippen molar-refractivity contribution in [2.45, 2.75) is 26.8 Å². The molecule has 0 aliphatic carbocycles. The molecule has 1 atom stereocenters. The Labute approximate surface area is 161 Å². The lowest BCUT2D eigenvalue weighted by molar-refractivity contribution is 0.122. The van der Waals surface area contributed by atoms with Gasteiger partial charge < -0.3 is 20.3 Å². The Morgan fingerprint density at radius 2 is 1.77 bits per heavy atom. The maximum Gasteiger partial charge on any atom is 0.171 e. The summed E-state index contributed by atoms with van der Waals surface area (Å²) >= 11 is 5.49. The quantitative estimate of drug-likeness (QED) is 0.791. The molecular formula is C21H27N3OS. The van der Waals surface area contributed by atoms with Crippen LogP contribution in [0.15, 0.2) is 42.5 Å². The first-order chi connectivity index (χ1) is 12.5. The zero-order valence-corrected chi connectivity index (χ0v) is 16.5. The first-order valence-corrected chi connectivity index (χ1v) is 9.51. The molecule has 1 aliphatic heterocycles. The summed E-state index contributed by atoms with van der Waals surface area (Å²) in [6.07, 6.45) is 0. The fourth-order valence-corrected chi connectivity index (χ4v) is 3.47. The molecule has 0 unspecified atom stereocenters. The van der Waals surface area contributed by atoms with Crippen LogP contribution in [0.25, 0.3) is 0 Å². The predicted molar refractivity (Wildman–Crippen MR) is 113 cm³/mol. The molecule has 2 N–H and O–H groups in total. The van der Waals surface area contributed by atoms with Gasteiger partial charge in [0.1, 0.15) is 0 Å². The highest BCUT2D eigenvalue weighted by molar-refractivity contribution is 7.80. The van der Waals surface area contributed by atoms with Crippen LogP contribution in [-0.2, 0) is 4.74 Å². The molecule has 0 amide bonds. The Hall–Kier alpha value is -2.11. The number of ether oxygens (including phenoxy) is 1. The summed E-state index contributed by atoms with van der Waals surface area (Å²) in [4.78, 5) is 2.36. The monoisotopic (exact) mass is 369 g/mol. The summed E-state index contributed by atoms with van der Waals surface area (Å²) in [6, 6.07) is 15.1. The van der Waals surface area contributed by atoms with Gasteiger partial charge >= 0.3 is 0 Å². The van der Waals surface area contributed by atoms with Crippen LogP contribution in [0, 0.1) is 13.8 Å². The zero-order chi connectivity index (χ0) is 18.5. The second kappa shape index (κ2) is 8.52. The summed E-state index contributed by atoms with van der Waals surface area (Å²) in [5.41, 5.74) is 5.95. The van der Waals surface area contributed by atoms with Crippen LogP contribution in [-0.4, -0.2) is 31.4 Å². The van der Waals surface area contributed by atoms with E-state index in [1.54, 1.807) is 0 Å². The van der Waals surface area contributed by atoms with Gasteiger partial charge in [0.25, 0.3) is 0 Å². The van der Waals surface area contributed by atoms with Crippen molar-refractivity contribution in [3.8, 4) is 0 Å². The molecular weight excluding hydrogens is 342 g/mol. The summed E-state index contributed by atoms with van der Waals surface area (Å²) in [6.45, 7) is 9.83. The summed E-state index contributed by atoms with van der Waals surface area (Å²) < 4.78 is 5.42. The summed E-state index contributed by atoms with van der Waals surface area (Å²) in [5, 5.41) is 7.31. The number of anilines is 2. The van der Waals surface area contributed by atoms with E-state index in [1.807, 2.05) is 0 Å². The molecule has 1 saturated heterocycles. The van der Waals surface area contributed by atoms with Crippen LogP contribution in [0.3, 0.4) is 0 Å². The lowest BCUT2D eigenvalue weighted by Crippen LogP contribution is -2.36. The standard InChI is InChI=1S/C21H27N3OS/c1-15-4-9-20(16(2)14-15)23-21(26)22-17(3)18-5-7-19(8-6-18)24-10-12-25-13-11-24/h4-9,14,17H,10-13H2,1-3H3,(H2,22,23,26)/t17-/m1/s1. The van der Waals surface area contributed by atoms with Crippen molar-refractivity contribution in [3.05, 3.63) is 59.2 Å². The van der Waals surface area contributed by atoms with Crippen molar-refractivity contribution in [2.24, 2.45) is 0 Å². The highest BCUT2D eigenvalue weighted by Crippen LogP contribution is 2.21. The van der Waals surface area contributed by atoms with Crippen LogP contribution in [0.2, 0.25) is 0 Å². The third-order valence-electron chi connectivity index (χ3n) is 4.75. The van der Waals surface area contributed by atoms with Gasteiger partial charge in [0.15, 0.2) is 5.11 Å². The molecule has 2 aromatic rings. The third kappa shape index (κ3) is 4.74. The second-order valence-corrected chi connectivity index (χ2v) is 7.24. The highest BCUT2D eigenvalue weighted by Gasteiger charge is 2.12. The maximum absolute atomic E-state index is 5.49. The Balaban J connectivity index is 1.58. The maximum atomic E-state index is 5.49. The average molecular weight is 370 g/mol. The van der Waals surface area contributed by atoms with Crippen molar-refractivity contribution in [3.63, 3.8) is 0 Å². The van der Waals surface area contributed by atoms with Gasteiger partial charge in [0, 0.05) is 24.5 Å². The smallest absolute Gasteiger partial charge is 0.171 e. The van der Waals surface area contributed by atoms with Gasteiger partial charge in [-0.25, -0.2) is 0 Å². The second-order valence-electron chi connectivity index (χ2n) is 6.83. The van der Waals surface area contributed by atoms with Crippen molar-refractivity contribution >= 4 is 28.7 Å². The number of nitrogens with one attached hydrogen (secondary N) is 2. The van der Waals surface area contributed by atoms with E-state index in [4.69, 9.17) is 17.0 Å². The molecule has 2 aromatic carbocycles. The Morgan fingerprint density at radius 1 is 1.08 bits per heavy atom. The molecule has 0 bridgehead atoms. The lowest BCUT2D eigenvalue weighted by atomic mass is 10.1. The molecule has 1 aliphatic rings. The molecule has 138 valence electrons. The number of rotatable bonds is 4. The predicted octanol–water partition coefficient (Wildman–Crippen LogP) is 4.19. The molecule has 0 radical (unpaired) electrons. The molecule has 0 spiro atoms. The van der Waals surface area contributed by atoms with E-state index in [0.717, 1.165) is 32.0 Å². The number of hydrogen-bond acceptors (Lipinski definition) is 3. The average Bonchev–Trinajstić information content (AvgIpc) is 2.65. The van der Waals surface area contributed by atoms with Gasteiger partial charge in [-0.05, 0) is 62.3 Å². The van der Waals surface area contributed by atoms with Crippen LogP contribution in [0.4, 0.5) is 11.4 Å². The number of aryl methyl sites for hydroxylation is 2. The van der Waals surface area contributed by atoms with Crippen molar-refractivity contribution in [2.75, 3.05) is 36.5 Å². The molecule has 0 saturated carbocycles. The molecule has 5 heteroatoms. The minimum absolute atomic E-state index is 0.138. The minimum Gasteiger partial charge on any atom is -0.378 e. The molecule has 1 heterocycles. The van der Waals surface area contributed by atoms with E-state index in [1.165, 1.54) is 22.4 Å². The SMILES string of the molecule is Cc1ccc(NC(=S)N[C@H](C)c2ccc(N3CCOCC3)cc2)c(C)c1. The van der Waals surface area contributed by atoms with Gasteiger partial charge in [-0.3, -0.25) is 0 Å². The molecule has 0 aromatic heterocycles. The summed E-state index contributed by atoms with van der Waals surface area (Å²) in [7, 11) is 0. The van der Waals surface area contributed by atoms with Gasteiger partial charge in [-0.1, -0.05) is 29.8 Å². The third-order valence-corrected chi connectivity index (χ3v) is 4.97. The van der Waals surface area contributed by atoms with Gasteiger partial charge in [0.05, 0.1) is 19.3 Å². The first-order valence-electron chi connectivity index (χ1n) is 9.10. The van der Waals surface area contributed by atoms with Gasteiger partial charge in [0.2, 0.25) is 0 Å². The van der Waals surface area contributed by atoms with E-state index >= 15 is 0 Å². The van der Waals surface area contributed by atoms with E-state index in [0.29, 0.717) is 5.11 Å². The number of nitrogens with zero attached hydrogens (tertiary/aromatic N) is 1. The van der Waals surface area contributed by atoms with Crippen LogP contribution < -0.4 is 15.5 Å². The summed E-state index contributed by atoms with van der Waals surface area (Å²) in [5.74, 6) is 0. The van der Waals surface area contributed by atoms with E-state index < -0.39 is 0 Å². The number of hydrogen-bond donors (Lipinski definition) is 2. The lowest BCUT2D eigenvalue weighted by Gasteiger charge is -2.29. The Morgan fingerprint density at radius 3 is 2.42 bits per heavy atom. The zero-order valence-electron chi connectivity index (χ0n) is 15.7. The number of morpholine rings is 1. The Bertz CT molecular complexity index is 754. The van der Waals surface area contributed by atoms with Crippen molar-refractivity contribution < 1.29 is 4.74 Å². The van der Waals surface area contributed by atoms with E-state index in [-0.39, 0.29) is 6.04 Å². The number of benzene rings is 2. The molecule has 1 fully saturated rings. The normalized spacial score (nSPS) is 15.4. The van der Waals surface area contributed by atoms with E-state index in [9.17, 15) is 0 Å². The van der Waals surface area contributed by atoms with Gasteiger partial charge in [-0.2, -0.15) is 0 Å². The topological polar surface area (TPSA) is 36.5 Å². The van der Waals surface area contributed by atoms with E-state index in [2.05, 4.69) is 78.8 Å². The van der Waals surface area contributed by atoms with Crippen LogP contribution >= 0.6 is 12.2 Å². The molecule has 26 heavy (non-hydrogen) atoms. The fraction of sp³-hybridized carbons (Fsp3) is 0.381. The molecule has 3 rings (SSSR count). The van der Waals surface area contributed by atoms with Crippen molar-refractivity contribution in [1.29, 1.82) is 0 Å². The first kappa shape index (κ1) is 18.7. The number of thiocarbonyl (C=S) groups is 1. The van der Waals surface area contributed by atoms with Gasteiger partial charge in [-0.15, -0.1) is 0 Å². The largest absolute Gasteiger partial charge is 0.378 e. The minimum atomic E-state index is 0.138. The van der Waals surface area contributed by atoms with Crippen LogP contribution in [0.1, 0.15) is 29.7 Å².